The number of hydrogen-bond acceptors (Lipinski definition) is 9. The number of para-hydroxylation sites is 2. The van der Waals surface area contributed by atoms with Crippen LogP contribution in [0.1, 0.15) is 70.9 Å². The molecule has 1 aliphatic carbocycles. The van der Waals surface area contributed by atoms with Crippen LogP contribution in [0.15, 0.2) is 130 Å². The Hall–Kier alpha value is -2.42. The molecule has 2 aliphatic heterocycles. The zero-order chi connectivity index (χ0) is 37.6. The number of thioether (sulfide) groups is 1. The van der Waals surface area contributed by atoms with Crippen molar-refractivity contribution in [2.24, 2.45) is 0 Å². The van der Waals surface area contributed by atoms with Crippen molar-refractivity contribution in [1.29, 1.82) is 0 Å². The second kappa shape index (κ2) is 18.7. The molecular formula is C42H47N2NaO6S3. The van der Waals surface area contributed by atoms with Gasteiger partial charge in [0.05, 0.1) is 15.5 Å². The molecule has 0 fully saturated rings. The quantitative estimate of drug-likeness (QED) is 0.0367. The van der Waals surface area contributed by atoms with Gasteiger partial charge in [0, 0.05) is 80.8 Å². The van der Waals surface area contributed by atoms with Crippen molar-refractivity contribution in [1.82, 2.24) is 0 Å². The summed E-state index contributed by atoms with van der Waals surface area (Å²) in [5, 5.41) is 13.8. The summed E-state index contributed by atoms with van der Waals surface area (Å²) in [6, 6.07) is 27.3. The SMILES string of the molecule is CC1(C)C(/C=C/C2=C(Sc3ccccc3)C(=C/C=C3/N(CCCS(=O)(=O)[O-])c4ccccc4C3(C)C)/CCC2)=[N+](CCCSOO[O-])c2ccccc21.[Na+]. The van der Waals surface area contributed by atoms with Gasteiger partial charge in [0.1, 0.15) is 6.54 Å². The summed E-state index contributed by atoms with van der Waals surface area (Å²) in [7, 11) is -4.31. The van der Waals surface area contributed by atoms with Gasteiger partial charge in [-0.15, -0.1) is 0 Å². The fourth-order valence-electron chi connectivity index (χ4n) is 7.82. The van der Waals surface area contributed by atoms with Gasteiger partial charge in [-0.1, -0.05) is 92.4 Å². The van der Waals surface area contributed by atoms with E-state index in [0.717, 1.165) is 55.7 Å². The van der Waals surface area contributed by atoms with E-state index in [2.05, 4.69) is 132 Å². The Bertz CT molecular complexity index is 2070. The summed E-state index contributed by atoms with van der Waals surface area (Å²) in [5.41, 5.74) is 9.06. The summed E-state index contributed by atoms with van der Waals surface area (Å²) < 4.78 is 41.4. The zero-order valence-corrected chi connectivity index (χ0v) is 36.2. The Morgan fingerprint density at radius 1 is 0.870 bits per heavy atom. The fourth-order valence-corrected chi connectivity index (χ4v) is 9.78. The van der Waals surface area contributed by atoms with Crippen LogP contribution in [-0.4, -0.2) is 47.9 Å². The van der Waals surface area contributed by atoms with Crippen molar-refractivity contribution in [3.63, 3.8) is 0 Å². The molecule has 0 bridgehead atoms. The third-order valence-electron chi connectivity index (χ3n) is 10.4. The topological polar surface area (TPSA) is 105 Å². The molecule has 0 saturated heterocycles. The van der Waals surface area contributed by atoms with Crippen molar-refractivity contribution in [2.45, 2.75) is 75.5 Å². The number of fused-ring (bicyclic) bond motifs is 2. The monoisotopic (exact) mass is 794 g/mol. The molecule has 8 nitrogen and oxygen atoms in total. The smallest absolute Gasteiger partial charge is 0.748 e. The Balaban J connectivity index is 0.00000561. The first-order valence-electron chi connectivity index (χ1n) is 18.1. The predicted octanol–water partition coefficient (Wildman–Crippen LogP) is 5.66. The molecule has 0 saturated carbocycles. The van der Waals surface area contributed by atoms with Crippen LogP contribution in [0.2, 0.25) is 0 Å². The van der Waals surface area contributed by atoms with Gasteiger partial charge in [-0.3, -0.25) is 5.04 Å². The number of rotatable bonds is 15. The Morgan fingerprint density at radius 3 is 2.31 bits per heavy atom. The third-order valence-corrected chi connectivity index (χ3v) is 13.0. The fraction of sp³-hybridized carbons (Fsp3) is 0.357. The average molecular weight is 795 g/mol. The van der Waals surface area contributed by atoms with E-state index in [1.807, 2.05) is 18.2 Å². The van der Waals surface area contributed by atoms with Gasteiger partial charge in [0.15, 0.2) is 5.71 Å². The van der Waals surface area contributed by atoms with Crippen LogP contribution >= 0.6 is 23.8 Å². The van der Waals surface area contributed by atoms with Crippen LogP contribution in [0.25, 0.3) is 0 Å². The van der Waals surface area contributed by atoms with E-state index in [9.17, 15) is 18.2 Å². The minimum absolute atomic E-state index is 0. The van der Waals surface area contributed by atoms with Crippen molar-refractivity contribution >= 4 is 51.0 Å². The summed E-state index contributed by atoms with van der Waals surface area (Å²) >= 11 is 2.82. The second-order valence-corrected chi connectivity index (χ2v) is 18.0. The van der Waals surface area contributed by atoms with Crippen LogP contribution < -0.4 is 39.7 Å². The van der Waals surface area contributed by atoms with Gasteiger partial charge >= 0.3 is 29.6 Å². The second-order valence-electron chi connectivity index (χ2n) is 14.6. The van der Waals surface area contributed by atoms with E-state index in [4.69, 9.17) is 0 Å². The molecule has 0 radical (unpaired) electrons. The normalized spacial score (nSPS) is 19.2. The first-order chi connectivity index (χ1) is 25.4. The van der Waals surface area contributed by atoms with Crippen molar-refractivity contribution in [2.75, 3.05) is 29.5 Å². The minimum atomic E-state index is -4.31. The molecule has 0 unspecified atom stereocenters. The third kappa shape index (κ3) is 9.74. The van der Waals surface area contributed by atoms with Crippen LogP contribution in [-0.2, 0) is 30.3 Å². The molecule has 3 aromatic rings. The molecule has 0 N–H and O–H groups in total. The number of benzene rings is 3. The molecule has 3 aromatic carbocycles. The van der Waals surface area contributed by atoms with E-state index in [0.29, 0.717) is 12.3 Å². The van der Waals surface area contributed by atoms with E-state index >= 15 is 0 Å². The predicted molar refractivity (Wildman–Crippen MR) is 213 cm³/mol. The van der Waals surface area contributed by atoms with E-state index in [1.165, 1.54) is 43.5 Å². The number of hydrogen-bond donors (Lipinski definition) is 0. The van der Waals surface area contributed by atoms with Gasteiger partial charge in [0.25, 0.3) is 0 Å². The molecule has 12 heteroatoms. The first kappa shape index (κ1) is 42.7. The summed E-state index contributed by atoms with van der Waals surface area (Å²) in [6.45, 7) is 10.2. The van der Waals surface area contributed by atoms with Crippen molar-refractivity contribution in [3.8, 4) is 0 Å². The summed E-state index contributed by atoms with van der Waals surface area (Å²) in [6.07, 6.45) is 13.1. The summed E-state index contributed by atoms with van der Waals surface area (Å²) in [4.78, 5) is 4.62. The molecule has 3 aliphatic rings. The zero-order valence-electron chi connectivity index (χ0n) is 31.7. The Labute approximate surface area is 351 Å². The van der Waals surface area contributed by atoms with Crippen LogP contribution in [0, 0.1) is 0 Å². The number of anilines is 1. The molecule has 0 atom stereocenters. The maximum absolute atomic E-state index is 11.5. The Kier molecular flexibility index (Phi) is 14.8. The molecule has 0 spiro atoms. The molecular weight excluding hydrogens is 748 g/mol. The van der Waals surface area contributed by atoms with Gasteiger partial charge in [-0.25, -0.2) is 8.42 Å². The molecule has 0 aromatic heterocycles. The molecule has 2 heterocycles. The van der Waals surface area contributed by atoms with Crippen LogP contribution in [0.3, 0.4) is 0 Å². The van der Waals surface area contributed by atoms with Gasteiger partial charge < -0.3 is 14.7 Å². The average Bonchev–Trinajstić information content (AvgIpc) is 3.48. The maximum atomic E-state index is 11.5. The molecule has 54 heavy (non-hydrogen) atoms. The van der Waals surface area contributed by atoms with Crippen molar-refractivity contribution in [3.05, 3.63) is 136 Å². The molecule has 0 amide bonds. The minimum Gasteiger partial charge on any atom is -0.748 e. The molecule has 280 valence electrons. The van der Waals surface area contributed by atoms with Gasteiger partial charge in [-0.2, -0.15) is 8.91 Å². The molecule has 6 rings (SSSR count). The number of allylic oxidation sites excluding steroid dienone is 7. The van der Waals surface area contributed by atoms with Crippen LogP contribution in [0.5, 0.6) is 0 Å². The van der Waals surface area contributed by atoms with E-state index in [-0.39, 0.29) is 46.8 Å². The Morgan fingerprint density at radius 2 is 1.57 bits per heavy atom. The van der Waals surface area contributed by atoms with Gasteiger partial charge in [0.2, 0.25) is 5.69 Å². The van der Waals surface area contributed by atoms with Gasteiger partial charge in [-0.05, 0) is 80.5 Å². The first-order valence-corrected chi connectivity index (χ1v) is 21.4. The van der Waals surface area contributed by atoms with Crippen molar-refractivity contribution < 1.29 is 61.7 Å². The number of nitrogens with zero attached hydrogens (tertiary/aromatic N) is 2. The maximum Gasteiger partial charge on any atom is 1.00 e. The standard InChI is InChI=1S/C42H48N2O6S3.Na/c1-41(2)34-19-8-10-21-36(34)43(27-13-29-51-50-49-45)38(41)25-23-31-15-12-16-32(40(31)52-33-17-6-5-7-18-33)24-26-39-42(3,4)35-20-9-11-22-37(35)44(39)28-14-30-53(46,47)48;/h5-11,17-26H,12-16,27-30H2,1-4H3,(H-,45,46,47,48);/q;+1/p-1. The van der Waals surface area contributed by atoms with E-state index < -0.39 is 15.9 Å². The van der Waals surface area contributed by atoms with E-state index in [1.54, 1.807) is 11.8 Å². The van der Waals surface area contributed by atoms with Crippen LogP contribution in [0.4, 0.5) is 11.4 Å². The summed E-state index contributed by atoms with van der Waals surface area (Å²) in [5.74, 6) is 0.237. The largest absolute Gasteiger partial charge is 1.00 e.